The van der Waals surface area contributed by atoms with Crippen molar-refractivity contribution >= 4 is 16.3 Å². The van der Waals surface area contributed by atoms with Gasteiger partial charge in [-0.1, -0.05) is 41.7 Å². The Labute approximate surface area is 131 Å². The highest BCUT2D eigenvalue weighted by Gasteiger charge is 2.17. The molecular formula is C15H14N6S. The van der Waals surface area contributed by atoms with Crippen molar-refractivity contribution < 1.29 is 0 Å². The van der Waals surface area contributed by atoms with Gasteiger partial charge >= 0.3 is 0 Å². The van der Waals surface area contributed by atoms with Crippen LogP contribution in [0.4, 0.5) is 0 Å². The van der Waals surface area contributed by atoms with E-state index < -0.39 is 0 Å². The second-order valence-corrected chi connectivity index (χ2v) is 5.93. The Morgan fingerprint density at radius 3 is 2.68 bits per heavy atom. The SMILES string of the molecule is CCn1nc(C)cc1-c1nn2c(-c3ccccc3)nnc2s1. The first kappa shape index (κ1) is 13.1. The molecule has 3 aromatic heterocycles. The molecule has 0 unspecified atom stereocenters. The molecule has 0 aliphatic rings. The highest BCUT2D eigenvalue weighted by atomic mass is 32.1. The van der Waals surface area contributed by atoms with Gasteiger partial charge in [0.05, 0.1) is 11.4 Å². The Morgan fingerprint density at radius 1 is 1.09 bits per heavy atom. The summed E-state index contributed by atoms with van der Waals surface area (Å²) in [4.78, 5) is 0.787. The standard InChI is InChI=1S/C15H14N6S/c1-3-20-12(9-10(2)18-20)14-19-21-13(16-17-15(21)22-14)11-7-5-4-6-8-11/h4-9H,3H2,1-2H3. The van der Waals surface area contributed by atoms with E-state index in [-0.39, 0.29) is 0 Å². The number of aromatic nitrogens is 6. The molecule has 0 spiro atoms. The summed E-state index contributed by atoms with van der Waals surface area (Å²) in [5, 5.41) is 18.6. The van der Waals surface area contributed by atoms with Gasteiger partial charge in [0.1, 0.15) is 0 Å². The monoisotopic (exact) mass is 310 g/mol. The lowest BCUT2D eigenvalue weighted by atomic mass is 10.2. The summed E-state index contributed by atoms with van der Waals surface area (Å²) in [6, 6.07) is 12.0. The third-order valence-electron chi connectivity index (χ3n) is 3.44. The molecular weight excluding hydrogens is 296 g/mol. The predicted molar refractivity (Wildman–Crippen MR) is 85.7 cm³/mol. The number of rotatable bonds is 3. The van der Waals surface area contributed by atoms with Crippen LogP contribution in [-0.4, -0.2) is 29.6 Å². The van der Waals surface area contributed by atoms with E-state index in [4.69, 9.17) is 5.10 Å². The van der Waals surface area contributed by atoms with Crippen LogP contribution >= 0.6 is 11.3 Å². The summed E-state index contributed by atoms with van der Waals surface area (Å²) in [7, 11) is 0. The Balaban J connectivity index is 1.87. The van der Waals surface area contributed by atoms with Gasteiger partial charge in [-0.15, -0.1) is 10.2 Å². The second-order valence-electron chi connectivity index (χ2n) is 4.98. The summed E-state index contributed by atoms with van der Waals surface area (Å²) in [6.45, 7) is 4.88. The number of nitrogens with zero attached hydrogens (tertiary/aromatic N) is 6. The van der Waals surface area contributed by atoms with E-state index in [1.165, 1.54) is 11.3 Å². The number of aryl methyl sites for hydroxylation is 2. The van der Waals surface area contributed by atoms with Gasteiger partial charge in [0.2, 0.25) is 4.96 Å². The number of hydrogen-bond acceptors (Lipinski definition) is 5. The van der Waals surface area contributed by atoms with E-state index >= 15 is 0 Å². The zero-order valence-electron chi connectivity index (χ0n) is 12.3. The number of fused-ring (bicyclic) bond motifs is 1. The summed E-state index contributed by atoms with van der Waals surface area (Å²) in [5.41, 5.74) is 3.02. The van der Waals surface area contributed by atoms with Gasteiger partial charge in [-0.3, -0.25) is 4.68 Å². The summed E-state index contributed by atoms with van der Waals surface area (Å²) in [5.74, 6) is 0.761. The van der Waals surface area contributed by atoms with E-state index in [0.29, 0.717) is 0 Å². The topological polar surface area (TPSA) is 60.9 Å². The lowest BCUT2D eigenvalue weighted by Gasteiger charge is -1.99. The molecule has 7 heteroatoms. The summed E-state index contributed by atoms with van der Waals surface area (Å²) < 4.78 is 3.76. The first-order valence-electron chi connectivity index (χ1n) is 7.08. The van der Waals surface area contributed by atoms with E-state index in [0.717, 1.165) is 39.3 Å². The first-order chi connectivity index (χ1) is 10.8. The van der Waals surface area contributed by atoms with Crippen LogP contribution in [0.5, 0.6) is 0 Å². The zero-order valence-corrected chi connectivity index (χ0v) is 13.1. The van der Waals surface area contributed by atoms with Crippen LogP contribution in [0.1, 0.15) is 12.6 Å². The fraction of sp³-hybridized carbons (Fsp3) is 0.200. The molecule has 0 radical (unpaired) electrons. The molecule has 4 aromatic rings. The molecule has 0 N–H and O–H groups in total. The Morgan fingerprint density at radius 2 is 1.91 bits per heavy atom. The highest BCUT2D eigenvalue weighted by molar-refractivity contribution is 7.19. The van der Waals surface area contributed by atoms with Crippen molar-refractivity contribution in [1.82, 2.24) is 29.6 Å². The molecule has 0 saturated heterocycles. The number of hydrogen-bond donors (Lipinski definition) is 0. The Kier molecular flexibility index (Phi) is 3.00. The molecule has 1 aromatic carbocycles. The molecule has 6 nitrogen and oxygen atoms in total. The zero-order chi connectivity index (χ0) is 15.1. The van der Waals surface area contributed by atoms with Crippen molar-refractivity contribution in [3.63, 3.8) is 0 Å². The van der Waals surface area contributed by atoms with Gasteiger partial charge in [-0.25, -0.2) is 0 Å². The van der Waals surface area contributed by atoms with Crippen molar-refractivity contribution in [2.75, 3.05) is 0 Å². The maximum Gasteiger partial charge on any atom is 0.235 e. The molecule has 0 amide bonds. The van der Waals surface area contributed by atoms with Gasteiger partial charge in [0.15, 0.2) is 10.8 Å². The van der Waals surface area contributed by atoms with Gasteiger partial charge in [0, 0.05) is 12.1 Å². The fourth-order valence-electron chi connectivity index (χ4n) is 2.45. The molecule has 0 fully saturated rings. The summed E-state index contributed by atoms with van der Waals surface area (Å²) >= 11 is 1.53. The fourth-order valence-corrected chi connectivity index (χ4v) is 3.31. The number of benzene rings is 1. The van der Waals surface area contributed by atoms with Crippen molar-refractivity contribution in [2.24, 2.45) is 0 Å². The van der Waals surface area contributed by atoms with Crippen molar-refractivity contribution in [1.29, 1.82) is 0 Å². The third kappa shape index (κ3) is 2.01. The van der Waals surface area contributed by atoms with E-state index in [9.17, 15) is 0 Å². The van der Waals surface area contributed by atoms with Gasteiger partial charge in [-0.2, -0.15) is 14.7 Å². The predicted octanol–water partition coefficient (Wildman–Crippen LogP) is 3.04. The van der Waals surface area contributed by atoms with E-state index in [1.54, 1.807) is 4.52 Å². The largest absolute Gasteiger partial charge is 0.262 e. The van der Waals surface area contributed by atoms with Crippen LogP contribution in [-0.2, 0) is 6.54 Å². The third-order valence-corrected chi connectivity index (χ3v) is 4.36. The van der Waals surface area contributed by atoms with Crippen LogP contribution in [0.15, 0.2) is 36.4 Å². The van der Waals surface area contributed by atoms with Crippen LogP contribution < -0.4 is 0 Å². The maximum atomic E-state index is 4.69. The molecule has 4 rings (SSSR count). The van der Waals surface area contributed by atoms with Gasteiger partial charge in [-0.05, 0) is 19.9 Å². The minimum atomic E-state index is 0.761. The first-order valence-corrected chi connectivity index (χ1v) is 7.90. The van der Waals surface area contributed by atoms with E-state index in [2.05, 4.69) is 28.3 Å². The molecule has 3 heterocycles. The van der Waals surface area contributed by atoms with Crippen LogP contribution in [0, 0.1) is 6.92 Å². The van der Waals surface area contributed by atoms with Gasteiger partial charge in [0.25, 0.3) is 0 Å². The molecule has 0 bridgehead atoms. The average Bonchev–Trinajstić information content (AvgIpc) is 3.20. The minimum absolute atomic E-state index is 0.761. The molecule has 0 aliphatic carbocycles. The summed E-state index contributed by atoms with van der Waals surface area (Å²) in [6.07, 6.45) is 0. The van der Waals surface area contributed by atoms with Crippen LogP contribution in [0.2, 0.25) is 0 Å². The second kappa shape index (κ2) is 5.03. The Bertz CT molecular complexity index is 934. The van der Waals surface area contributed by atoms with Gasteiger partial charge < -0.3 is 0 Å². The lowest BCUT2D eigenvalue weighted by molar-refractivity contribution is 0.659. The van der Waals surface area contributed by atoms with E-state index in [1.807, 2.05) is 41.9 Å². The molecule has 0 aliphatic heterocycles. The maximum absolute atomic E-state index is 4.69. The average molecular weight is 310 g/mol. The lowest BCUT2D eigenvalue weighted by Crippen LogP contribution is -1.99. The molecule has 22 heavy (non-hydrogen) atoms. The van der Waals surface area contributed by atoms with Crippen molar-refractivity contribution in [2.45, 2.75) is 20.4 Å². The minimum Gasteiger partial charge on any atom is -0.262 e. The highest BCUT2D eigenvalue weighted by Crippen LogP contribution is 2.28. The van der Waals surface area contributed by atoms with Crippen LogP contribution in [0.25, 0.3) is 27.1 Å². The molecule has 110 valence electrons. The normalized spacial score (nSPS) is 11.4. The van der Waals surface area contributed by atoms with Crippen molar-refractivity contribution in [3.8, 4) is 22.1 Å². The Hall–Kier alpha value is -2.54. The quantitative estimate of drug-likeness (QED) is 0.583. The smallest absolute Gasteiger partial charge is 0.235 e. The van der Waals surface area contributed by atoms with Crippen molar-refractivity contribution in [3.05, 3.63) is 42.1 Å². The van der Waals surface area contributed by atoms with Crippen LogP contribution in [0.3, 0.4) is 0 Å². The molecule has 0 saturated carbocycles. The molecule has 0 atom stereocenters.